The van der Waals surface area contributed by atoms with Crippen LogP contribution < -0.4 is 5.32 Å². The third-order valence-corrected chi connectivity index (χ3v) is 3.43. The molecule has 0 spiro atoms. The van der Waals surface area contributed by atoms with Crippen LogP contribution in [-0.2, 0) is 6.54 Å². The predicted molar refractivity (Wildman–Crippen MR) is 81.2 cm³/mol. The van der Waals surface area contributed by atoms with Crippen LogP contribution in [0.15, 0.2) is 42.5 Å². The number of imidazole rings is 1. The Morgan fingerprint density at radius 3 is 2.82 bits per heavy atom. The summed E-state index contributed by atoms with van der Waals surface area (Å²) in [6.45, 7) is 0.338. The lowest BCUT2D eigenvalue weighted by Crippen LogP contribution is -2.23. The van der Waals surface area contributed by atoms with Crippen LogP contribution in [0.4, 0.5) is 0 Å². The summed E-state index contributed by atoms with van der Waals surface area (Å²) in [6.07, 6.45) is 0. The van der Waals surface area contributed by atoms with Crippen LogP contribution in [0.1, 0.15) is 16.2 Å². The minimum absolute atomic E-state index is 0.176. The maximum atomic E-state index is 12.2. The molecule has 0 aliphatic heterocycles. The Bertz CT molecular complexity index is 937. The number of amides is 1. The van der Waals surface area contributed by atoms with E-state index in [1.165, 1.54) is 0 Å². The van der Waals surface area contributed by atoms with Gasteiger partial charge in [0.15, 0.2) is 0 Å². The molecule has 4 rings (SSSR count). The molecule has 7 nitrogen and oxygen atoms in total. The van der Waals surface area contributed by atoms with E-state index in [0.717, 1.165) is 22.4 Å². The van der Waals surface area contributed by atoms with Crippen molar-refractivity contribution in [2.75, 3.05) is 0 Å². The van der Waals surface area contributed by atoms with Gasteiger partial charge in [0, 0.05) is 5.56 Å². The molecule has 0 unspecified atom stereocenters. The third-order valence-electron chi connectivity index (χ3n) is 3.43. The summed E-state index contributed by atoms with van der Waals surface area (Å²) in [5.41, 5.74) is 3.77. The van der Waals surface area contributed by atoms with Gasteiger partial charge in [-0.25, -0.2) is 4.98 Å². The van der Waals surface area contributed by atoms with Gasteiger partial charge in [-0.3, -0.25) is 4.79 Å². The normalized spacial score (nSPS) is 11.1. The van der Waals surface area contributed by atoms with Gasteiger partial charge in [0.1, 0.15) is 16.9 Å². The molecular weight excluding hydrogens is 280 g/mol. The molecule has 1 amide bonds. The van der Waals surface area contributed by atoms with Crippen molar-refractivity contribution < 1.29 is 4.79 Å². The number of fused-ring (bicyclic) bond motifs is 2. The average molecular weight is 292 g/mol. The molecule has 0 atom stereocenters. The molecule has 2 aromatic heterocycles. The Hall–Kier alpha value is -3.22. The molecule has 7 heteroatoms. The number of rotatable bonds is 3. The SMILES string of the molecule is O=C(NCc1nc2ccccc2[nH]1)c1ccc2n[nH]nc2c1. The molecule has 3 N–H and O–H groups in total. The molecule has 0 aliphatic carbocycles. The van der Waals surface area contributed by atoms with E-state index < -0.39 is 0 Å². The zero-order chi connectivity index (χ0) is 14.9. The number of carbonyl (C=O) groups excluding carboxylic acids is 1. The molecule has 108 valence electrons. The van der Waals surface area contributed by atoms with E-state index in [2.05, 4.69) is 30.7 Å². The molecule has 2 aromatic carbocycles. The third kappa shape index (κ3) is 2.18. The number of nitrogens with one attached hydrogen (secondary N) is 3. The Kier molecular flexibility index (Phi) is 2.82. The largest absolute Gasteiger partial charge is 0.345 e. The summed E-state index contributed by atoms with van der Waals surface area (Å²) in [5.74, 6) is 0.544. The van der Waals surface area contributed by atoms with E-state index in [1.54, 1.807) is 18.2 Å². The fourth-order valence-corrected chi connectivity index (χ4v) is 2.34. The topological polar surface area (TPSA) is 99.4 Å². The number of carbonyl (C=O) groups is 1. The minimum atomic E-state index is -0.176. The molecule has 0 saturated carbocycles. The molecule has 2 heterocycles. The van der Waals surface area contributed by atoms with Gasteiger partial charge in [-0.1, -0.05) is 12.1 Å². The van der Waals surface area contributed by atoms with Crippen LogP contribution in [0.2, 0.25) is 0 Å². The highest BCUT2D eigenvalue weighted by atomic mass is 16.1. The van der Waals surface area contributed by atoms with E-state index >= 15 is 0 Å². The predicted octanol–water partition coefficient (Wildman–Crippen LogP) is 1.76. The van der Waals surface area contributed by atoms with Crippen molar-refractivity contribution in [3.05, 3.63) is 53.9 Å². The quantitative estimate of drug-likeness (QED) is 0.535. The van der Waals surface area contributed by atoms with Crippen molar-refractivity contribution in [3.8, 4) is 0 Å². The second-order valence-electron chi connectivity index (χ2n) is 4.91. The number of benzene rings is 2. The van der Waals surface area contributed by atoms with Crippen molar-refractivity contribution in [1.29, 1.82) is 0 Å². The Labute approximate surface area is 124 Å². The highest BCUT2D eigenvalue weighted by molar-refractivity contribution is 5.97. The lowest BCUT2D eigenvalue weighted by Gasteiger charge is -2.02. The number of nitrogens with zero attached hydrogens (tertiary/aromatic N) is 3. The summed E-state index contributed by atoms with van der Waals surface area (Å²) >= 11 is 0. The van der Waals surface area contributed by atoms with Gasteiger partial charge in [0.2, 0.25) is 0 Å². The van der Waals surface area contributed by atoms with E-state index in [1.807, 2.05) is 24.3 Å². The highest BCUT2D eigenvalue weighted by Crippen LogP contribution is 2.12. The van der Waals surface area contributed by atoms with E-state index in [-0.39, 0.29) is 5.91 Å². The first-order valence-corrected chi connectivity index (χ1v) is 6.82. The summed E-state index contributed by atoms with van der Waals surface area (Å²) in [7, 11) is 0. The average Bonchev–Trinajstić information content (AvgIpc) is 3.17. The Balaban J connectivity index is 1.51. The van der Waals surface area contributed by atoms with Crippen LogP contribution in [-0.4, -0.2) is 31.3 Å². The number of hydrogen-bond acceptors (Lipinski definition) is 4. The molecule has 4 aromatic rings. The first kappa shape index (κ1) is 12.5. The Morgan fingerprint density at radius 1 is 1.05 bits per heavy atom. The lowest BCUT2D eigenvalue weighted by molar-refractivity contribution is 0.0950. The molecule has 0 bridgehead atoms. The summed E-state index contributed by atoms with van der Waals surface area (Å²) in [6, 6.07) is 12.9. The van der Waals surface area contributed by atoms with Gasteiger partial charge in [-0.2, -0.15) is 15.4 Å². The number of para-hydroxylation sites is 2. The van der Waals surface area contributed by atoms with Crippen LogP contribution in [0.3, 0.4) is 0 Å². The van der Waals surface area contributed by atoms with Gasteiger partial charge < -0.3 is 10.3 Å². The van der Waals surface area contributed by atoms with Gasteiger partial charge in [-0.05, 0) is 30.3 Å². The standard InChI is InChI=1S/C15H12N6O/c22-15(9-5-6-12-13(7-9)20-21-19-12)16-8-14-17-10-3-1-2-4-11(10)18-14/h1-7H,8H2,(H,16,22)(H,17,18)(H,19,20,21). The van der Waals surface area contributed by atoms with E-state index in [9.17, 15) is 4.79 Å². The van der Waals surface area contributed by atoms with Gasteiger partial charge in [0.25, 0.3) is 5.91 Å². The smallest absolute Gasteiger partial charge is 0.251 e. The zero-order valence-electron chi connectivity index (χ0n) is 11.5. The van der Waals surface area contributed by atoms with Crippen molar-refractivity contribution in [3.63, 3.8) is 0 Å². The number of hydrogen-bond donors (Lipinski definition) is 3. The highest BCUT2D eigenvalue weighted by Gasteiger charge is 2.09. The first-order valence-electron chi connectivity index (χ1n) is 6.82. The molecule has 22 heavy (non-hydrogen) atoms. The van der Waals surface area contributed by atoms with Gasteiger partial charge in [0.05, 0.1) is 17.6 Å². The van der Waals surface area contributed by atoms with Crippen LogP contribution in [0.5, 0.6) is 0 Å². The number of aromatic amines is 2. The van der Waals surface area contributed by atoms with Gasteiger partial charge >= 0.3 is 0 Å². The summed E-state index contributed by atoms with van der Waals surface area (Å²) in [5, 5.41) is 13.3. The van der Waals surface area contributed by atoms with Crippen molar-refractivity contribution >= 4 is 28.0 Å². The van der Waals surface area contributed by atoms with Crippen molar-refractivity contribution in [2.24, 2.45) is 0 Å². The summed E-state index contributed by atoms with van der Waals surface area (Å²) in [4.78, 5) is 19.8. The number of aromatic nitrogens is 5. The molecule has 0 fully saturated rings. The molecular formula is C15H12N6O. The van der Waals surface area contributed by atoms with Crippen LogP contribution >= 0.6 is 0 Å². The maximum Gasteiger partial charge on any atom is 0.251 e. The first-order chi connectivity index (χ1) is 10.8. The fourth-order valence-electron chi connectivity index (χ4n) is 2.34. The maximum absolute atomic E-state index is 12.2. The van der Waals surface area contributed by atoms with Crippen molar-refractivity contribution in [2.45, 2.75) is 6.54 Å². The minimum Gasteiger partial charge on any atom is -0.345 e. The Morgan fingerprint density at radius 2 is 1.91 bits per heavy atom. The monoisotopic (exact) mass is 292 g/mol. The zero-order valence-corrected chi connectivity index (χ0v) is 11.5. The second-order valence-corrected chi connectivity index (χ2v) is 4.91. The molecule has 0 aliphatic rings. The molecule has 0 saturated heterocycles. The van der Waals surface area contributed by atoms with Crippen LogP contribution in [0, 0.1) is 0 Å². The second kappa shape index (κ2) is 4.96. The fraction of sp³-hybridized carbons (Fsp3) is 0.0667. The lowest BCUT2D eigenvalue weighted by atomic mass is 10.2. The van der Waals surface area contributed by atoms with E-state index in [4.69, 9.17) is 0 Å². The van der Waals surface area contributed by atoms with Crippen molar-refractivity contribution in [1.82, 2.24) is 30.7 Å². The van der Waals surface area contributed by atoms with E-state index in [0.29, 0.717) is 17.6 Å². The van der Waals surface area contributed by atoms with Crippen LogP contribution in [0.25, 0.3) is 22.1 Å². The van der Waals surface area contributed by atoms with Gasteiger partial charge in [-0.15, -0.1) is 0 Å². The summed E-state index contributed by atoms with van der Waals surface area (Å²) < 4.78 is 0. The number of H-pyrrole nitrogens is 2. The molecule has 0 radical (unpaired) electrons.